The minimum absolute atomic E-state index is 0.180. The molecule has 0 fully saturated rings. The van der Waals surface area contributed by atoms with Crippen LogP contribution in [0, 0.1) is 0 Å². The van der Waals surface area contributed by atoms with Crippen LogP contribution in [0.4, 0.5) is 0 Å². The van der Waals surface area contributed by atoms with Crippen LogP contribution in [0.25, 0.3) is 0 Å². The summed E-state index contributed by atoms with van der Waals surface area (Å²) in [7, 11) is 0. The summed E-state index contributed by atoms with van der Waals surface area (Å²) in [6, 6.07) is 22.9. The smallest absolute Gasteiger partial charge is 0.268 e. The van der Waals surface area contributed by atoms with Crippen LogP contribution < -0.4 is 5.32 Å². The van der Waals surface area contributed by atoms with Gasteiger partial charge in [-0.15, -0.1) is 0 Å². The third kappa shape index (κ3) is 3.91. The summed E-state index contributed by atoms with van der Waals surface area (Å²) in [5, 5.41) is 12.9. The summed E-state index contributed by atoms with van der Waals surface area (Å²) in [6.07, 6.45) is 1.17. The number of benzene rings is 2. The number of aliphatic hydroxyl groups excluding tert-OH is 1. The highest BCUT2D eigenvalue weighted by Gasteiger charge is 2.13. The molecule has 2 aromatic carbocycles. The number of aliphatic hydroxyl groups is 1. The third-order valence-corrected chi connectivity index (χ3v) is 3.90. The Labute approximate surface area is 141 Å². The van der Waals surface area contributed by atoms with Crippen molar-refractivity contribution in [2.45, 2.75) is 12.6 Å². The van der Waals surface area contributed by atoms with Gasteiger partial charge in [0.1, 0.15) is 5.69 Å². The maximum atomic E-state index is 12.4. The number of carbonyl (C=O) groups is 1. The molecule has 1 aromatic heterocycles. The van der Waals surface area contributed by atoms with Gasteiger partial charge >= 0.3 is 0 Å². The number of carbonyl (C=O) groups excluding carboxylic acids is 1. The zero-order valence-corrected chi connectivity index (χ0v) is 13.3. The fourth-order valence-electron chi connectivity index (χ4n) is 2.61. The first-order valence-electron chi connectivity index (χ1n) is 7.94. The van der Waals surface area contributed by atoms with Crippen LogP contribution in [0.5, 0.6) is 0 Å². The Bertz CT molecular complexity index is 782. The quantitative estimate of drug-likeness (QED) is 0.733. The molecule has 1 heterocycles. The third-order valence-electron chi connectivity index (χ3n) is 3.90. The van der Waals surface area contributed by atoms with Gasteiger partial charge in [-0.2, -0.15) is 0 Å². The number of aromatic nitrogens is 1. The Hall–Kier alpha value is -2.85. The molecular formula is C20H20N2O2. The monoisotopic (exact) mass is 320 g/mol. The average molecular weight is 320 g/mol. The van der Waals surface area contributed by atoms with Crippen molar-refractivity contribution in [3.63, 3.8) is 0 Å². The van der Waals surface area contributed by atoms with Crippen molar-refractivity contribution in [2.75, 3.05) is 6.54 Å². The molecule has 3 rings (SSSR count). The second-order valence-corrected chi connectivity index (χ2v) is 5.64. The van der Waals surface area contributed by atoms with Gasteiger partial charge in [0.25, 0.3) is 5.91 Å². The van der Waals surface area contributed by atoms with Crippen molar-refractivity contribution in [3.05, 3.63) is 95.8 Å². The molecule has 0 spiro atoms. The standard InChI is InChI=1S/C20H20N2O2/c23-19(17-10-5-2-6-11-17)14-21-20(24)18-12-7-13-22(18)15-16-8-3-1-4-9-16/h1-13,19,23H,14-15H2,(H,21,24). The highest BCUT2D eigenvalue weighted by Crippen LogP contribution is 2.12. The van der Waals surface area contributed by atoms with Gasteiger partial charge in [-0.25, -0.2) is 0 Å². The average Bonchev–Trinajstić information content (AvgIpc) is 3.09. The first-order valence-corrected chi connectivity index (χ1v) is 7.94. The minimum Gasteiger partial charge on any atom is -0.387 e. The zero-order valence-electron chi connectivity index (χ0n) is 13.3. The van der Waals surface area contributed by atoms with Gasteiger partial charge in [0.05, 0.1) is 6.10 Å². The zero-order chi connectivity index (χ0) is 16.8. The fourth-order valence-corrected chi connectivity index (χ4v) is 2.61. The van der Waals surface area contributed by atoms with Gasteiger partial charge in [0.2, 0.25) is 0 Å². The van der Waals surface area contributed by atoms with Crippen LogP contribution in [-0.2, 0) is 6.54 Å². The predicted octanol–water partition coefficient (Wildman–Crippen LogP) is 3.00. The van der Waals surface area contributed by atoms with E-state index >= 15 is 0 Å². The van der Waals surface area contributed by atoms with E-state index in [4.69, 9.17) is 0 Å². The maximum absolute atomic E-state index is 12.4. The molecule has 0 saturated carbocycles. The number of nitrogens with one attached hydrogen (secondary N) is 1. The van der Waals surface area contributed by atoms with Gasteiger partial charge in [0, 0.05) is 19.3 Å². The van der Waals surface area contributed by atoms with Crippen LogP contribution in [0.1, 0.15) is 27.7 Å². The van der Waals surface area contributed by atoms with Crippen LogP contribution in [-0.4, -0.2) is 22.1 Å². The summed E-state index contributed by atoms with van der Waals surface area (Å²) in [4.78, 5) is 12.4. The molecule has 24 heavy (non-hydrogen) atoms. The first kappa shape index (κ1) is 16.0. The molecule has 0 saturated heterocycles. The molecule has 3 aromatic rings. The van der Waals surface area contributed by atoms with Crippen LogP contribution in [0.2, 0.25) is 0 Å². The summed E-state index contributed by atoms with van der Waals surface area (Å²) in [5.41, 5.74) is 2.50. The molecule has 1 amide bonds. The topological polar surface area (TPSA) is 54.3 Å². The summed E-state index contributed by atoms with van der Waals surface area (Å²) in [5.74, 6) is -0.189. The molecule has 4 nitrogen and oxygen atoms in total. The Morgan fingerprint density at radius 3 is 2.33 bits per heavy atom. The van der Waals surface area contributed by atoms with Crippen LogP contribution >= 0.6 is 0 Å². The molecule has 122 valence electrons. The van der Waals surface area contributed by atoms with Crippen molar-refractivity contribution < 1.29 is 9.90 Å². The first-order chi connectivity index (χ1) is 11.7. The molecule has 4 heteroatoms. The fraction of sp³-hybridized carbons (Fsp3) is 0.150. The molecule has 1 unspecified atom stereocenters. The maximum Gasteiger partial charge on any atom is 0.268 e. The predicted molar refractivity (Wildman–Crippen MR) is 93.7 cm³/mol. The lowest BCUT2D eigenvalue weighted by Crippen LogP contribution is -2.30. The van der Waals surface area contributed by atoms with Crippen molar-refractivity contribution in [1.29, 1.82) is 0 Å². The molecule has 0 aliphatic carbocycles. The number of hydrogen-bond acceptors (Lipinski definition) is 2. The second-order valence-electron chi connectivity index (χ2n) is 5.64. The summed E-state index contributed by atoms with van der Waals surface area (Å²) >= 11 is 0. The molecule has 1 atom stereocenters. The van der Waals surface area contributed by atoms with Crippen LogP contribution in [0.3, 0.4) is 0 Å². The van der Waals surface area contributed by atoms with E-state index in [9.17, 15) is 9.90 Å². The van der Waals surface area contributed by atoms with E-state index in [1.54, 1.807) is 6.07 Å². The van der Waals surface area contributed by atoms with E-state index in [0.29, 0.717) is 12.2 Å². The van der Waals surface area contributed by atoms with Crippen molar-refractivity contribution in [2.24, 2.45) is 0 Å². The summed E-state index contributed by atoms with van der Waals surface area (Å²) < 4.78 is 1.90. The van der Waals surface area contributed by atoms with E-state index in [1.807, 2.05) is 77.5 Å². The van der Waals surface area contributed by atoms with Crippen LogP contribution in [0.15, 0.2) is 79.0 Å². The molecule has 0 aliphatic heterocycles. The molecule has 0 radical (unpaired) electrons. The Kier molecular flexibility index (Phi) is 5.08. The van der Waals surface area contributed by atoms with Gasteiger partial charge < -0.3 is 15.0 Å². The number of rotatable bonds is 6. The lowest BCUT2D eigenvalue weighted by molar-refractivity contribution is 0.0907. The second kappa shape index (κ2) is 7.62. The minimum atomic E-state index is -0.715. The SMILES string of the molecule is O=C(NCC(O)c1ccccc1)c1cccn1Cc1ccccc1. The Morgan fingerprint density at radius 1 is 0.958 bits per heavy atom. The van der Waals surface area contributed by atoms with Gasteiger partial charge in [0.15, 0.2) is 0 Å². The van der Waals surface area contributed by atoms with Gasteiger partial charge in [-0.3, -0.25) is 4.79 Å². The number of hydrogen-bond donors (Lipinski definition) is 2. The van der Waals surface area contributed by atoms with Crippen molar-refractivity contribution in [1.82, 2.24) is 9.88 Å². The lowest BCUT2D eigenvalue weighted by atomic mass is 10.1. The number of amides is 1. The Morgan fingerprint density at radius 2 is 1.62 bits per heavy atom. The van der Waals surface area contributed by atoms with Crippen molar-refractivity contribution in [3.8, 4) is 0 Å². The molecule has 2 N–H and O–H groups in total. The Balaban J connectivity index is 1.63. The highest BCUT2D eigenvalue weighted by atomic mass is 16.3. The number of nitrogens with zero attached hydrogens (tertiary/aromatic N) is 1. The molecule has 0 aliphatic rings. The molecular weight excluding hydrogens is 300 g/mol. The summed E-state index contributed by atoms with van der Waals surface area (Å²) in [6.45, 7) is 0.817. The lowest BCUT2D eigenvalue weighted by Gasteiger charge is -2.13. The normalized spacial score (nSPS) is 11.9. The van der Waals surface area contributed by atoms with Crippen molar-refractivity contribution >= 4 is 5.91 Å². The van der Waals surface area contributed by atoms with E-state index < -0.39 is 6.10 Å². The van der Waals surface area contributed by atoms with E-state index in [-0.39, 0.29) is 12.5 Å². The molecule has 0 bridgehead atoms. The highest BCUT2D eigenvalue weighted by molar-refractivity contribution is 5.92. The largest absolute Gasteiger partial charge is 0.387 e. The van der Waals surface area contributed by atoms with E-state index in [0.717, 1.165) is 11.1 Å². The van der Waals surface area contributed by atoms with E-state index in [1.165, 1.54) is 0 Å². The van der Waals surface area contributed by atoms with Gasteiger partial charge in [-0.05, 0) is 23.3 Å². The van der Waals surface area contributed by atoms with Gasteiger partial charge in [-0.1, -0.05) is 60.7 Å². The van der Waals surface area contributed by atoms with E-state index in [2.05, 4.69) is 5.32 Å².